The van der Waals surface area contributed by atoms with E-state index < -0.39 is 6.10 Å². The molecule has 10 atom stereocenters. The smallest absolute Gasteiger partial charge is 0.309 e. The predicted molar refractivity (Wildman–Crippen MR) is 222 cm³/mol. The summed E-state index contributed by atoms with van der Waals surface area (Å²) in [4.78, 5) is 43.4. The van der Waals surface area contributed by atoms with Crippen LogP contribution in [0.2, 0.25) is 0 Å². The number of carbonyl (C=O) groups is 3. The molecule has 3 N–H and O–H groups in total. The molecule has 0 bridgehead atoms. The molecule has 2 aromatic rings. The van der Waals surface area contributed by atoms with Gasteiger partial charge in [0.25, 0.3) is 0 Å². The summed E-state index contributed by atoms with van der Waals surface area (Å²) in [5, 5.41) is 11.4. The molecule has 1 saturated carbocycles. The maximum Gasteiger partial charge on any atom is 0.309 e. The van der Waals surface area contributed by atoms with Crippen molar-refractivity contribution in [2.24, 2.45) is 29.6 Å². The highest BCUT2D eigenvalue weighted by atomic mass is 16.6. The lowest BCUT2D eigenvalue weighted by molar-refractivity contribution is -0.160. The minimum atomic E-state index is -0.434. The Hall–Kier alpha value is -3.34. The SMILES string of the molecule is CC(C)C(=O)OC(c1ccc(C2CCC(C(OC(=O)C(C)C)C3CCCC(C4CCCC(C(OC(=O)C(C)C)c5ccccn5)N4)C3)NC2)cc1)C1CCCCN1. The molecule has 10 heteroatoms. The molecule has 10 nitrogen and oxygen atoms in total. The van der Waals surface area contributed by atoms with Crippen LogP contribution < -0.4 is 16.0 Å². The van der Waals surface area contributed by atoms with Crippen molar-refractivity contribution in [3.05, 3.63) is 65.5 Å². The van der Waals surface area contributed by atoms with Gasteiger partial charge in [-0.1, -0.05) is 91.1 Å². The molecule has 4 aliphatic rings. The predicted octanol–water partition coefficient (Wildman–Crippen LogP) is 8.13. The average Bonchev–Trinajstić information content (AvgIpc) is 3.24. The number of carbonyl (C=O) groups excluding carboxylic acids is 3. The first kappa shape index (κ1) is 43.2. The molecule has 0 amide bonds. The van der Waals surface area contributed by atoms with E-state index in [1.807, 2.05) is 59.7 Å². The van der Waals surface area contributed by atoms with Crippen LogP contribution in [0, 0.1) is 29.6 Å². The number of rotatable bonds is 14. The Morgan fingerprint density at radius 3 is 1.96 bits per heavy atom. The first-order valence-corrected chi connectivity index (χ1v) is 22.3. The lowest BCUT2D eigenvalue weighted by Crippen LogP contribution is -2.53. The molecule has 1 aromatic heterocycles. The monoisotopic (exact) mass is 787 g/mol. The lowest BCUT2D eigenvalue weighted by atomic mass is 9.71. The molecule has 10 unspecified atom stereocenters. The zero-order valence-electron chi connectivity index (χ0n) is 35.4. The first-order chi connectivity index (χ1) is 27.5. The second kappa shape index (κ2) is 20.6. The molecule has 3 saturated heterocycles. The standard InChI is InChI=1S/C47H70N4O6/c1-29(2)45(52)55-42(38-15-7-9-25-48-38)33-21-19-32(20-22-33)36-23-24-40(50-28-36)43(56-46(53)30(3)4)35-14-11-13-34(27-35)37-17-12-18-41(51-37)44(57-47(54)31(5)6)39-16-8-10-26-49-39/h8,10,16,19-22,26,29-31,34-38,40-44,48,50-51H,7,9,11-15,17-18,23-25,27-28H2,1-6H3. The number of piperidine rings is 3. The minimum absolute atomic E-state index is 0.00725. The molecule has 57 heavy (non-hydrogen) atoms. The maximum atomic E-state index is 13.3. The van der Waals surface area contributed by atoms with E-state index in [4.69, 9.17) is 14.2 Å². The number of nitrogens with one attached hydrogen (secondary N) is 3. The summed E-state index contributed by atoms with van der Waals surface area (Å²) in [6.07, 6.45) is 13.4. The van der Waals surface area contributed by atoms with Gasteiger partial charge in [-0.3, -0.25) is 19.4 Å². The molecular weight excluding hydrogens is 717 g/mol. The largest absolute Gasteiger partial charge is 0.460 e. The van der Waals surface area contributed by atoms with Crippen LogP contribution in [0.5, 0.6) is 0 Å². The Balaban J connectivity index is 1.11. The summed E-state index contributed by atoms with van der Waals surface area (Å²) in [7, 11) is 0. The molecule has 314 valence electrons. The van der Waals surface area contributed by atoms with Gasteiger partial charge in [-0.15, -0.1) is 0 Å². The number of aromatic nitrogens is 1. The van der Waals surface area contributed by atoms with Crippen molar-refractivity contribution in [3.8, 4) is 0 Å². The molecule has 1 aromatic carbocycles. The van der Waals surface area contributed by atoms with Crippen molar-refractivity contribution in [1.82, 2.24) is 20.9 Å². The second-order valence-corrected chi connectivity index (χ2v) is 18.3. The Morgan fingerprint density at radius 1 is 0.649 bits per heavy atom. The Morgan fingerprint density at radius 2 is 1.33 bits per heavy atom. The van der Waals surface area contributed by atoms with Crippen LogP contribution in [0.15, 0.2) is 48.7 Å². The first-order valence-electron chi connectivity index (χ1n) is 22.3. The van der Waals surface area contributed by atoms with Crippen LogP contribution in [0.1, 0.15) is 154 Å². The van der Waals surface area contributed by atoms with E-state index in [1.165, 1.54) is 5.56 Å². The van der Waals surface area contributed by atoms with Gasteiger partial charge in [-0.2, -0.15) is 0 Å². The molecule has 0 spiro atoms. The number of ether oxygens (including phenoxy) is 3. The lowest BCUT2D eigenvalue weighted by Gasteiger charge is -2.45. The topological polar surface area (TPSA) is 128 Å². The van der Waals surface area contributed by atoms with Gasteiger partial charge in [-0.05, 0) is 105 Å². The number of hydrogen-bond donors (Lipinski definition) is 3. The third kappa shape index (κ3) is 11.4. The van der Waals surface area contributed by atoms with E-state index in [0.717, 1.165) is 101 Å². The average molecular weight is 787 g/mol. The summed E-state index contributed by atoms with van der Waals surface area (Å²) < 4.78 is 18.7. The highest BCUT2D eigenvalue weighted by Crippen LogP contribution is 2.41. The van der Waals surface area contributed by atoms with Crippen LogP contribution >= 0.6 is 0 Å². The quantitative estimate of drug-likeness (QED) is 0.128. The van der Waals surface area contributed by atoms with Crippen molar-refractivity contribution in [3.63, 3.8) is 0 Å². The molecule has 0 radical (unpaired) electrons. The normalized spacial score (nSPS) is 28.7. The maximum absolute atomic E-state index is 13.3. The summed E-state index contributed by atoms with van der Waals surface area (Å²) in [6, 6.07) is 15.1. The zero-order valence-corrected chi connectivity index (χ0v) is 35.4. The van der Waals surface area contributed by atoms with Gasteiger partial charge in [0, 0.05) is 30.9 Å². The highest BCUT2D eigenvalue weighted by molar-refractivity contribution is 5.72. The van der Waals surface area contributed by atoms with E-state index in [-0.39, 0.29) is 71.9 Å². The molecule has 3 aliphatic heterocycles. The van der Waals surface area contributed by atoms with Crippen LogP contribution in [-0.2, 0) is 28.6 Å². The van der Waals surface area contributed by atoms with Gasteiger partial charge in [0.1, 0.15) is 12.2 Å². The molecule has 1 aliphatic carbocycles. The molecular formula is C47H70N4O6. The van der Waals surface area contributed by atoms with Crippen molar-refractivity contribution in [2.45, 2.75) is 167 Å². The van der Waals surface area contributed by atoms with Crippen LogP contribution in [0.4, 0.5) is 0 Å². The Labute approximate surface area is 341 Å². The fourth-order valence-electron chi connectivity index (χ4n) is 9.65. The summed E-state index contributed by atoms with van der Waals surface area (Å²) >= 11 is 0. The van der Waals surface area contributed by atoms with E-state index in [0.29, 0.717) is 17.9 Å². The van der Waals surface area contributed by atoms with Crippen molar-refractivity contribution < 1.29 is 28.6 Å². The van der Waals surface area contributed by atoms with Crippen molar-refractivity contribution in [1.29, 1.82) is 0 Å². The molecule has 6 rings (SSSR count). The van der Waals surface area contributed by atoms with Gasteiger partial charge in [0.15, 0.2) is 6.10 Å². The van der Waals surface area contributed by atoms with Gasteiger partial charge in [0.2, 0.25) is 0 Å². The van der Waals surface area contributed by atoms with Gasteiger partial charge in [-0.25, -0.2) is 0 Å². The fourth-order valence-corrected chi connectivity index (χ4v) is 9.65. The van der Waals surface area contributed by atoms with Crippen molar-refractivity contribution >= 4 is 17.9 Å². The van der Waals surface area contributed by atoms with Gasteiger partial charge in [0.05, 0.1) is 29.5 Å². The van der Waals surface area contributed by atoms with E-state index >= 15 is 0 Å². The van der Waals surface area contributed by atoms with Gasteiger partial charge < -0.3 is 30.2 Å². The van der Waals surface area contributed by atoms with Crippen LogP contribution in [-0.4, -0.2) is 66.3 Å². The summed E-state index contributed by atoms with van der Waals surface area (Å²) in [6.45, 7) is 13.1. The fraction of sp³-hybridized carbons (Fsp3) is 0.702. The Kier molecular flexibility index (Phi) is 15.6. The minimum Gasteiger partial charge on any atom is -0.460 e. The third-order valence-electron chi connectivity index (χ3n) is 13.0. The number of pyridine rings is 1. The second-order valence-electron chi connectivity index (χ2n) is 18.3. The molecule has 4 fully saturated rings. The highest BCUT2D eigenvalue weighted by Gasteiger charge is 2.42. The van der Waals surface area contributed by atoms with E-state index in [1.54, 1.807) is 6.20 Å². The summed E-state index contributed by atoms with van der Waals surface area (Å²) in [5.41, 5.74) is 3.12. The number of nitrogens with zero attached hydrogens (tertiary/aromatic N) is 1. The zero-order chi connectivity index (χ0) is 40.5. The number of hydrogen-bond acceptors (Lipinski definition) is 10. The van der Waals surface area contributed by atoms with Gasteiger partial charge >= 0.3 is 17.9 Å². The number of esters is 3. The number of benzene rings is 1. The third-order valence-corrected chi connectivity index (χ3v) is 13.0. The van der Waals surface area contributed by atoms with Crippen LogP contribution in [0.3, 0.4) is 0 Å². The summed E-state index contributed by atoms with van der Waals surface area (Å²) in [5.74, 6) is 0.00356. The van der Waals surface area contributed by atoms with Crippen LogP contribution in [0.25, 0.3) is 0 Å². The van der Waals surface area contributed by atoms with Crippen molar-refractivity contribution in [2.75, 3.05) is 13.1 Å². The van der Waals surface area contributed by atoms with E-state index in [2.05, 4.69) is 45.2 Å². The molecule has 4 heterocycles. The Bertz CT molecular complexity index is 1570. The van der Waals surface area contributed by atoms with E-state index in [9.17, 15) is 14.4 Å².